The minimum atomic E-state index is -0.0159. The second-order valence-electron chi connectivity index (χ2n) is 5.52. The summed E-state index contributed by atoms with van der Waals surface area (Å²) in [6.07, 6.45) is 6.84. The fraction of sp³-hybridized carbons (Fsp3) is 1.00. The van der Waals surface area contributed by atoms with Gasteiger partial charge in [0.05, 0.1) is 12.2 Å². The molecule has 4 heteroatoms. The zero-order valence-electron chi connectivity index (χ0n) is 11.9. The van der Waals surface area contributed by atoms with Gasteiger partial charge in [0.25, 0.3) is 0 Å². The topological polar surface area (TPSA) is 31.0 Å². The van der Waals surface area contributed by atoms with Gasteiger partial charge >= 0.3 is 0 Å². The van der Waals surface area contributed by atoms with E-state index in [1.54, 1.807) is 0 Å². The zero-order valence-corrected chi connectivity index (χ0v) is 13.3. The SMILES string of the molecule is CCOC(C[SiH2]CCC1CCC2OC2C1)OCC. The van der Waals surface area contributed by atoms with Gasteiger partial charge < -0.3 is 14.2 Å². The molecule has 0 amide bonds. The molecule has 0 bridgehead atoms. The maximum absolute atomic E-state index is 5.59. The third-order valence-electron chi connectivity index (χ3n) is 4.12. The van der Waals surface area contributed by atoms with Crippen molar-refractivity contribution >= 4 is 9.52 Å². The monoisotopic (exact) mass is 272 g/mol. The Morgan fingerprint density at radius 1 is 1.17 bits per heavy atom. The second-order valence-corrected chi connectivity index (χ2v) is 7.51. The van der Waals surface area contributed by atoms with Crippen LogP contribution in [0.1, 0.15) is 39.5 Å². The molecule has 2 aliphatic rings. The molecule has 0 spiro atoms. The predicted octanol–water partition coefficient (Wildman–Crippen LogP) is 2.35. The first-order chi connectivity index (χ1) is 8.83. The van der Waals surface area contributed by atoms with Crippen LogP contribution in [0.15, 0.2) is 0 Å². The Kier molecular flexibility index (Phi) is 6.15. The van der Waals surface area contributed by atoms with Crippen LogP contribution in [0, 0.1) is 5.92 Å². The van der Waals surface area contributed by atoms with Crippen molar-refractivity contribution in [2.75, 3.05) is 13.2 Å². The van der Waals surface area contributed by atoms with Crippen LogP contribution >= 0.6 is 0 Å². The molecule has 1 aliphatic carbocycles. The summed E-state index contributed by atoms with van der Waals surface area (Å²) in [5.74, 6) is 0.943. The van der Waals surface area contributed by atoms with Gasteiger partial charge in [-0.2, -0.15) is 0 Å². The summed E-state index contributed by atoms with van der Waals surface area (Å²) in [7, 11) is -0.0159. The predicted molar refractivity (Wildman–Crippen MR) is 75.8 cm³/mol. The molecule has 3 nitrogen and oxygen atoms in total. The maximum Gasteiger partial charge on any atom is 0.154 e. The molecule has 0 aromatic heterocycles. The number of fused-ring (bicyclic) bond motifs is 1. The quantitative estimate of drug-likeness (QED) is 0.279. The summed E-state index contributed by atoms with van der Waals surface area (Å²) in [6.45, 7) is 5.62. The molecule has 0 radical (unpaired) electrons. The number of ether oxygens (including phenoxy) is 3. The van der Waals surface area contributed by atoms with Crippen LogP contribution < -0.4 is 0 Å². The fourth-order valence-corrected chi connectivity index (χ4v) is 4.90. The Hall–Kier alpha value is 0.0969. The summed E-state index contributed by atoms with van der Waals surface area (Å²) in [4.78, 5) is 0. The molecule has 106 valence electrons. The second kappa shape index (κ2) is 7.63. The number of epoxide rings is 1. The van der Waals surface area contributed by atoms with Crippen molar-refractivity contribution in [3.8, 4) is 0 Å². The largest absolute Gasteiger partial charge is 0.370 e. The summed E-state index contributed by atoms with van der Waals surface area (Å²) >= 11 is 0. The maximum atomic E-state index is 5.59. The standard InChI is InChI=1S/C14H28O3Si/c1-3-15-14(16-4-2)10-18-8-7-11-5-6-12-13(9-11)17-12/h11-14H,3-10,18H2,1-2H3. The lowest BCUT2D eigenvalue weighted by Crippen LogP contribution is -2.19. The van der Waals surface area contributed by atoms with E-state index in [4.69, 9.17) is 14.2 Å². The molecule has 0 aromatic carbocycles. The van der Waals surface area contributed by atoms with E-state index in [9.17, 15) is 0 Å². The third kappa shape index (κ3) is 4.65. The highest BCUT2D eigenvalue weighted by Crippen LogP contribution is 2.40. The lowest BCUT2D eigenvalue weighted by atomic mass is 9.88. The van der Waals surface area contributed by atoms with E-state index in [0.717, 1.165) is 19.1 Å². The van der Waals surface area contributed by atoms with E-state index in [1.165, 1.54) is 37.8 Å². The summed E-state index contributed by atoms with van der Waals surface area (Å²) in [6, 6.07) is 2.62. The summed E-state index contributed by atoms with van der Waals surface area (Å²) < 4.78 is 16.8. The van der Waals surface area contributed by atoms with E-state index >= 15 is 0 Å². The highest BCUT2D eigenvalue weighted by molar-refractivity contribution is 6.35. The summed E-state index contributed by atoms with van der Waals surface area (Å²) in [5.41, 5.74) is 0. The normalized spacial score (nSPS) is 31.2. The van der Waals surface area contributed by atoms with Crippen LogP contribution in [0.4, 0.5) is 0 Å². The molecule has 2 rings (SSSR count). The van der Waals surface area contributed by atoms with Gasteiger partial charge in [-0.05, 0) is 45.1 Å². The van der Waals surface area contributed by atoms with Gasteiger partial charge in [0.15, 0.2) is 6.29 Å². The van der Waals surface area contributed by atoms with Crippen molar-refractivity contribution in [1.29, 1.82) is 0 Å². The van der Waals surface area contributed by atoms with E-state index in [0.29, 0.717) is 12.2 Å². The molecule has 1 aliphatic heterocycles. The van der Waals surface area contributed by atoms with E-state index in [2.05, 4.69) is 0 Å². The van der Waals surface area contributed by atoms with Gasteiger partial charge in [0.2, 0.25) is 0 Å². The average Bonchev–Trinajstić information content (AvgIpc) is 3.13. The molecular formula is C14H28O3Si. The van der Waals surface area contributed by atoms with E-state index in [1.807, 2.05) is 13.8 Å². The number of hydrogen-bond acceptors (Lipinski definition) is 3. The van der Waals surface area contributed by atoms with Crippen LogP contribution in [0.2, 0.25) is 12.1 Å². The Morgan fingerprint density at radius 3 is 2.61 bits per heavy atom. The molecule has 1 heterocycles. The smallest absolute Gasteiger partial charge is 0.154 e. The lowest BCUT2D eigenvalue weighted by Gasteiger charge is -2.19. The molecular weight excluding hydrogens is 244 g/mol. The molecule has 2 fully saturated rings. The molecule has 0 N–H and O–H groups in total. The van der Waals surface area contributed by atoms with E-state index < -0.39 is 0 Å². The molecule has 18 heavy (non-hydrogen) atoms. The first-order valence-corrected chi connectivity index (χ1v) is 9.72. The van der Waals surface area contributed by atoms with Gasteiger partial charge in [-0.25, -0.2) is 0 Å². The molecule has 3 atom stereocenters. The Bertz CT molecular complexity index is 227. The van der Waals surface area contributed by atoms with Crippen LogP contribution in [0.5, 0.6) is 0 Å². The minimum Gasteiger partial charge on any atom is -0.370 e. The minimum absolute atomic E-state index is 0.0159. The van der Waals surface area contributed by atoms with E-state index in [-0.39, 0.29) is 15.8 Å². The molecule has 1 saturated heterocycles. The number of rotatable bonds is 9. The van der Waals surface area contributed by atoms with Crippen molar-refractivity contribution in [3.63, 3.8) is 0 Å². The lowest BCUT2D eigenvalue weighted by molar-refractivity contribution is -0.123. The Morgan fingerprint density at radius 2 is 1.94 bits per heavy atom. The summed E-state index contributed by atoms with van der Waals surface area (Å²) in [5, 5.41) is 0. The van der Waals surface area contributed by atoms with Gasteiger partial charge in [-0.1, -0.05) is 12.5 Å². The van der Waals surface area contributed by atoms with Crippen molar-refractivity contribution in [2.24, 2.45) is 5.92 Å². The van der Waals surface area contributed by atoms with Crippen molar-refractivity contribution in [2.45, 2.75) is 70.1 Å². The van der Waals surface area contributed by atoms with Crippen LogP contribution in [0.25, 0.3) is 0 Å². The Balaban J connectivity index is 1.51. The Labute approximate surface area is 113 Å². The number of hydrogen-bond donors (Lipinski definition) is 0. The first kappa shape index (κ1) is 14.5. The van der Waals surface area contributed by atoms with Crippen molar-refractivity contribution in [3.05, 3.63) is 0 Å². The fourth-order valence-electron chi connectivity index (χ4n) is 3.08. The van der Waals surface area contributed by atoms with Gasteiger partial charge in [0, 0.05) is 22.7 Å². The average molecular weight is 272 g/mol. The zero-order chi connectivity index (χ0) is 12.8. The van der Waals surface area contributed by atoms with Crippen LogP contribution in [-0.4, -0.2) is 41.2 Å². The van der Waals surface area contributed by atoms with Crippen molar-refractivity contribution in [1.82, 2.24) is 0 Å². The van der Waals surface area contributed by atoms with Gasteiger partial charge in [0.1, 0.15) is 0 Å². The third-order valence-corrected chi connectivity index (χ3v) is 5.91. The van der Waals surface area contributed by atoms with Crippen molar-refractivity contribution < 1.29 is 14.2 Å². The highest BCUT2D eigenvalue weighted by atomic mass is 28.2. The van der Waals surface area contributed by atoms with Gasteiger partial charge in [-0.15, -0.1) is 0 Å². The molecule has 3 unspecified atom stereocenters. The molecule has 1 saturated carbocycles. The highest BCUT2D eigenvalue weighted by Gasteiger charge is 2.43. The first-order valence-electron chi connectivity index (χ1n) is 7.72. The van der Waals surface area contributed by atoms with Crippen LogP contribution in [-0.2, 0) is 14.2 Å². The molecule has 0 aromatic rings. The van der Waals surface area contributed by atoms with Crippen LogP contribution in [0.3, 0.4) is 0 Å². The van der Waals surface area contributed by atoms with Gasteiger partial charge in [-0.3, -0.25) is 0 Å².